The third kappa shape index (κ3) is 4.01. The van der Waals surface area contributed by atoms with E-state index in [2.05, 4.69) is 10.1 Å². The second kappa shape index (κ2) is 8.16. The number of hydrogen-bond donors (Lipinski definition) is 0. The SMILES string of the molecule is Cc1ccc(-c2cc3c(=O)n([C@@H](C)C(C)(C)OI)cnc3c(-c3cnn(C)c3)n2)cc1. The van der Waals surface area contributed by atoms with Crippen LogP contribution in [-0.2, 0) is 10.1 Å². The average molecular weight is 529 g/mol. The van der Waals surface area contributed by atoms with Gasteiger partial charge < -0.3 is 3.07 Å². The molecule has 0 bridgehead atoms. The second-order valence-electron chi connectivity index (χ2n) is 8.33. The second-order valence-corrected chi connectivity index (χ2v) is 8.77. The van der Waals surface area contributed by atoms with E-state index in [4.69, 9.17) is 8.05 Å². The van der Waals surface area contributed by atoms with Crippen LogP contribution in [0.4, 0.5) is 0 Å². The molecule has 31 heavy (non-hydrogen) atoms. The summed E-state index contributed by atoms with van der Waals surface area (Å²) in [4.78, 5) is 23.1. The number of pyridine rings is 1. The Bertz CT molecular complexity index is 1310. The van der Waals surface area contributed by atoms with Gasteiger partial charge in [0.15, 0.2) is 0 Å². The normalized spacial score (nSPS) is 13.0. The number of benzene rings is 1. The zero-order valence-electron chi connectivity index (χ0n) is 18.1. The maximum Gasteiger partial charge on any atom is 0.261 e. The largest absolute Gasteiger partial charge is 0.308 e. The van der Waals surface area contributed by atoms with Crippen molar-refractivity contribution >= 4 is 33.9 Å². The molecule has 0 saturated carbocycles. The lowest BCUT2D eigenvalue weighted by molar-refractivity contribution is 0.105. The van der Waals surface area contributed by atoms with Crippen molar-refractivity contribution in [3.8, 4) is 22.5 Å². The molecular weight excluding hydrogens is 505 g/mol. The van der Waals surface area contributed by atoms with Crippen molar-refractivity contribution in [2.45, 2.75) is 39.3 Å². The highest BCUT2D eigenvalue weighted by Crippen LogP contribution is 2.31. The van der Waals surface area contributed by atoms with Crippen molar-refractivity contribution in [1.82, 2.24) is 24.3 Å². The fourth-order valence-corrected chi connectivity index (χ4v) is 3.80. The predicted octanol–water partition coefficient (Wildman–Crippen LogP) is 4.87. The van der Waals surface area contributed by atoms with Gasteiger partial charge >= 0.3 is 0 Å². The quantitative estimate of drug-likeness (QED) is 0.345. The minimum Gasteiger partial charge on any atom is -0.308 e. The Hall–Kier alpha value is -2.59. The summed E-state index contributed by atoms with van der Waals surface area (Å²) in [6, 6.07) is 9.72. The number of hydrogen-bond acceptors (Lipinski definition) is 5. The summed E-state index contributed by atoms with van der Waals surface area (Å²) in [6.07, 6.45) is 5.20. The first kappa shape index (κ1) is 21.6. The number of fused-ring (bicyclic) bond motifs is 1. The van der Waals surface area contributed by atoms with Crippen molar-refractivity contribution in [1.29, 1.82) is 0 Å². The Labute approximate surface area is 194 Å². The van der Waals surface area contributed by atoms with E-state index >= 15 is 0 Å². The fourth-order valence-electron chi connectivity index (χ4n) is 3.44. The van der Waals surface area contributed by atoms with E-state index in [1.54, 1.807) is 21.8 Å². The summed E-state index contributed by atoms with van der Waals surface area (Å²) >= 11 is 1.88. The number of aryl methyl sites for hydroxylation is 2. The first-order chi connectivity index (χ1) is 14.7. The zero-order valence-corrected chi connectivity index (χ0v) is 20.3. The van der Waals surface area contributed by atoms with E-state index in [1.807, 2.05) is 94.3 Å². The number of aromatic nitrogens is 5. The summed E-state index contributed by atoms with van der Waals surface area (Å²) in [5.74, 6) is 0. The lowest BCUT2D eigenvalue weighted by atomic mass is 10.0. The monoisotopic (exact) mass is 529 g/mol. The predicted molar refractivity (Wildman–Crippen MR) is 130 cm³/mol. The van der Waals surface area contributed by atoms with Crippen molar-refractivity contribution in [3.05, 3.63) is 65.0 Å². The molecule has 0 fully saturated rings. The highest BCUT2D eigenvalue weighted by atomic mass is 127. The standard InChI is InChI=1S/C23H24IN5O2/c1-14-6-8-16(9-7-14)19-10-18-21(20(27-19)17-11-26-28(5)12-17)25-13-29(22(18)30)15(2)23(3,4)31-24/h6-13,15H,1-5H3/t15-/m0/s1. The van der Waals surface area contributed by atoms with Crippen LogP contribution in [-0.4, -0.2) is 29.9 Å². The molecule has 0 aliphatic heterocycles. The smallest absolute Gasteiger partial charge is 0.261 e. The minimum atomic E-state index is -0.543. The van der Waals surface area contributed by atoms with E-state index in [0.29, 0.717) is 16.6 Å². The molecular formula is C23H24IN5O2. The number of rotatable bonds is 5. The first-order valence-corrected chi connectivity index (χ1v) is 10.9. The van der Waals surface area contributed by atoms with Crippen molar-refractivity contribution in [2.75, 3.05) is 0 Å². The van der Waals surface area contributed by atoms with Crippen molar-refractivity contribution in [3.63, 3.8) is 0 Å². The zero-order chi connectivity index (χ0) is 22.3. The van der Waals surface area contributed by atoms with Crippen molar-refractivity contribution in [2.24, 2.45) is 7.05 Å². The Morgan fingerprint density at radius 2 is 1.87 bits per heavy atom. The Morgan fingerprint density at radius 1 is 1.16 bits per heavy atom. The molecule has 0 radical (unpaired) electrons. The van der Waals surface area contributed by atoms with Gasteiger partial charge in [-0.2, -0.15) is 5.10 Å². The maximum absolute atomic E-state index is 13.6. The van der Waals surface area contributed by atoms with Crippen LogP contribution in [0.2, 0.25) is 0 Å². The molecule has 0 amide bonds. The molecule has 0 saturated heterocycles. The van der Waals surface area contributed by atoms with Gasteiger partial charge in [0.25, 0.3) is 5.56 Å². The summed E-state index contributed by atoms with van der Waals surface area (Å²) in [5, 5.41) is 4.79. The molecule has 4 rings (SSSR count). The lowest BCUT2D eigenvalue weighted by Gasteiger charge is -2.30. The van der Waals surface area contributed by atoms with Crippen LogP contribution < -0.4 is 5.56 Å². The van der Waals surface area contributed by atoms with Gasteiger partial charge in [-0.1, -0.05) is 29.8 Å². The molecule has 7 nitrogen and oxygen atoms in total. The van der Waals surface area contributed by atoms with Crippen LogP contribution in [0, 0.1) is 6.92 Å². The molecule has 1 atom stereocenters. The summed E-state index contributed by atoms with van der Waals surface area (Å²) in [6.45, 7) is 7.90. The highest BCUT2D eigenvalue weighted by molar-refractivity contribution is 14.1. The summed E-state index contributed by atoms with van der Waals surface area (Å²) < 4.78 is 8.93. The van der Waals surface area contributed by atoms with Crippen LogP contribution in [0.25, 0.3) is 33.4 Å². The van der Waals surface area contributed by atoms with Crippen LogP contribution in [0.15, 0.2) is 53.8 Å². The highest BCUT2D eigenvalue weighted by Gasteiger charge is 2.29. The first-order valence-electron chi connectivity index (χ1n) is 9.99. The minimum absolute atomic E-state index is 0.125. The van der Waals surface area contributed by atoms with Gasteiger partial charge in [-0.15, -0.1) is 0 Å². The molecule has 0 aliphatic carbocycles. The topological polar surface area (TPSA) is 74.8 Å². The van der Waals surface area contributed by atoms with Gasteiger partial charge in [0, 0.05) is 24.4 Å². The lowest BCUT2D eigenvalue weighted by Crippen LogP contribution is -2.37. The van der Waals surface area contributed by atoms with E-state index in [-0.39, 0.29) is 11.6 Å². The molecule has 3 heterocycles. The summed E-state index contributed by atoms with van der Waals surface area (Å²) in [7, 11) is 1.85. The molecule has 160 valence electrons. The molecule has 3 aromatic heterocycles. The molecule has 0 unspecified atom stereocenters. The third-order valence-electron chi connectivity index (χ3n) is 5.72. The van der Waals surface area contributed by atoms with Gasteiger partial charge in [-0.05, 0) is 33.8 Å². The van der Waals surface area contributed by atoms with Crippen LogP contribution in [0.5, 0.6) is 0 Å². The Morgan fingerprint density at radius 3 is 2.48 bits per heavy atom. The van der Waals surface area contributed by atoms with Gasteiger partial charge in [0.2, 0.25) is 0 Å². The van der Waals surface area contributed by atoms with Crippen molar-refractivity contribution < 1.29 is 3.07 Å². The number of halogens is 1. The number of nitrogens with zero attached hydrogens (tertiary/aromatic N) is 5. The van der Waals surface area contributed by atoms with Gasteiger partial charge in [0.1, 0.15) is 34.2 Å². The third-order valence-corrected chi connectivity index (χ3v) is 6.85. The average Bonchev–Trinajstić information content (AvgIpc) is 3.19. The van der Waals surface area contributed by atoms with E-state index in [9.17, 15) is 4.79 Å². The maximum atomic E-state index is 13.6. The summed E-state index contributed by atoms with van der Waals surface area (Å²) in [5.41, 5.74) is 4.18. The molecule has 4 aromatic rings. The van der Waals surface area contributed by atoms with E-state index < -0.39 is 5.60 Å². The van der Waals surface area contributed by atoms with E-state index in [0.717, 1.165) is 22.4 Å². The molecule has 0 spiro atoms. The molecule has 0 N–H and O–H groups in total. The Balaban J connectivity index is 2.01. The fraction of sp³-hybridized carbons (Fsp3) is 0.304. The van der Waals surface area contributed by atoms with Crippen LogP contribution >= 0.6 is 23.0 Å². The molecule has 0 aliphatic rings. The van der Waals surface area contributed by atoms with Crippen LogP contribution in [0.1, 0.15) is 32.4 Å². The van der Waals surface area contributed by atoms with Gasteiger partial charge in [-0.3, -0.25) is 14.0 Å². The molecule has 8 heteroatoms. The van der Waals surface area contributed by atoms with E-state index in [1.165, 1.54) is 0 Å². The van der Waals surface area contributed by atoms with Gasteiger partial charge in [0.05, 0.1) is 35.2 Å². The Kier molecular flexibility index (Phi) is 5.69. The van der Waals surface area contributed by atoms with Gasteiger partial charge in [-0.25, -0.2) is 9.97 Å². The van der Waals surface area contributed by atoms with Crippen LogP contribution in [0.3, 0.4) is 0 Å². The molecule has 1 aromatic carbocycles.